The predicted octanol–water partition coefficient (Wildman–Crippen LogP) is 1.73. The van der Waals surface area contributed by atoms with E-state index in [0.717, 1.165) is 6.42 Å². The molecule has 0 amide bonds. The first kappa shape index (κ1) is 8.82. The zero-order valence-corrected chi connectivity index (χ0v) is 6.00. The summed E-state index contributed by atoms with van der Waals surface area (Å²) in [6.45, 7) is 1.91. The highest BCUT2D eigenvalue weighted by Gasteiger charge is 1.79. The fraction of sp³-hybridized carbons (Fsp3) is 0.250. The van der Waals surface area contributed by atoms with Crippen molar-refractivity contribution in [3.8, 4) is 0 Å². The quantitative estimate of drug-likeness (QED) is 0.272. The highest BCUT2D eigenvalue weighted by molar-refractivity contribution is 5.92. The van der Waals surface area contributed by atoms with Crippen molar-refractivity contribution in [3.63, 3.8) is 0 Å². The van der Waals surface area contributed by atoms with Crippen molar-refractivity contribution < 1.29 is 4.79 Å². The molecule has 0 saturated carbocycles. The lowest BCUT2D eigenvalue weighted by molar-refractivity contribution is -0.104. The molecule has 0 aliphatic rings. The zero-order valence-electron chi connectivity index (χ0n) is 6.00. The van der Waals surface area contributed by atoms with Crippen LogP contribution in [0.15, 0.2) is 24.3 Å². The summed E-state index contributed by atoms with van der Waals surface area (Å²) in [7, 11) is 0. The van der Waals surface area contributed by atoms with Gasteiger partial charge in [-0.1, -0.05) is 19.1 Å². The van der Waals surface area contributed by atoms with Crippen LogP contribution in [0.2, 0.25) is 0 Å². The molecular weight excluding hydrogens is 126 g/mol. The smallest absolute Gasteiger partial charge is 0.142 e. The van der Waals surface area contributed by atoms with Crippen LogP contribution in [-0.2, 0) is 4.79 Å². The van der Waals surface area contributed by atoms with E-state index in [1.165, 1.54) is 6.08 Å². The van der Waals surface area contributed by atoms with E-state index in [2.05, 4.69) is 0 Å². The Balaban J connectivity index is 3.65. The molecule has 0 aromatic heterocycles. The van der Waals surface area contributed by atoms with Crippen molar-refractivity contribution in [1.29, 1.82) is 5.41 Å². The van der Waals surface area contributed by atoms with Gasteiger partial charge >= 0.3 is 0 Å². The van der Waals surface area contributed by atoms with E-state index in [0.29, 0.717) is 12.0 Å². The van der Waals surface area contributed by atoms with Gasteiger partial charge in [0.25, 0.3) is 0 Å². The first-order valence-corrected chi connectivity index (χ1v) is 3.17. The van der Waals surface area contributed by atoms with E-state index in [4.69, 9.17) is 5.41 Å². The standard InChI is InChI=1S/C8H11NO/c1-2-8(9)6-4-3-5-7-10/h3-7,9H,2H2,1H3. The number of allylic oxidation sites excluding steroid dienone is 4. The summed E-state index contributed by atoms with van der Waals surface area (Å²) in [5.74, 6) is 0. The first-order valence-electron chi connectivity index (χ1n) is 3.17. The van der Waals surface area contributed by atoms with E-state index in [9.17, 15) is 4.79 Å². The lowest BCUT2D eigenvalue weighted by Gasteiger charge is -1.84. The molecule has 0 rings (SSSR count). The molecule has 0 spiro atoms. The number of rotatable bonds is 4. The molecule has 0 bridgehead atoms. The Morgan fingerprint density at radius 3 is 2.60 bits per heavy atom. The van der Waals surface area contributed by atoms with Gasteiger partial charge in [-0.2, -0.15) is 0 Å². The molecule has 0 saturated heterocycles. The number of hydrogen-bond acceptors (Lipinski definition) is 2. The van der Waals surface area contributed by atoms with Gasteiger partial charge in [0, 0.05) is 5.71 Å². The van der Waals surface area contributed by atoms with Crippen LogP contribution in [0.3, 0.4) is 0 Å². The zero-order chi connectivity index (χ0) is 7.82. The highest BCUT2D eigenvalue weighted by atomic mass is 16.1. The van der Waals surface area contributed by atoms with Crippen LogP contribution in [0.25, 0.3) is 0 Å². The fourth-order valence-corrected chi connectivity index (χ4v) is 0.399. The van der Waals surface area contributed by atoms with Crippen molar-refractivity contribution >= 4 is 12.0 Å². The Morgan fingerprint density at radius 1 is 1.40 bits per heavy atom. The summed E-state index contributed by atoms with van der Waals surface area (Å²) in [5.41, 5.74) is 0.565. The second-order valence-electron chi connectivity index (χ2n) is 1.76. The lowest BCUT2D eigenvalue weighted by Crippen LogP contribution is -1.83. The van der Waals surface area contributed by atoms with Gasteiger partial charge in [0.15, 0.2) is 0 Å². The van der Waals surface area contributed by atoms with Crippen LogP contribution in [0, 0.1) is 5.41 Å². The molecular formula is C8H11NO. The SMILES string of the molecule is CCC(=N)C=CC=CC=O. The summed E-state index contributed by atoms with van der Waals surface area (Å²) >= 11 is 0. The molecule has 0 aromatic carbocycles. The average Bonchev–Trinajstić information content (AvgIpc) is 1.98. The molecule has 2 nitrogen and oxygen atoms in total. The second-order valence-corrected chi connectivity index (χ2v) is 1.76. The van der Waals surface area contributed by atoms with Crippen LogP contribution in [0.5, 0.6) is 0 Å². The molecule has 0 radical (unpaired) electrons. The number of carbonyl (C=O) groups is 1. The molecule has 0 heterocycles. The molecule has 0 fully saturated rings. The fourth-order valence-electron chi connectivity index (χ4n) is 0.399. The van der Waals surface area contributed by atoms with Crippen molar-refractivity contribution in [3.05, 3.63) is 24.3 Å². The minimum Gasteiger partial charge on any atom is -0.305 e. The highest BCUT2D eigenvalue weighted by Crippen LogP contribution is 1.84. The molecule has 0 atom stereocenters. The molecule has 0 unspecified atom stereocenters. The molecule has 1 N–H and O–H groups in total. The molecule has 54 valence electrons. The third-order valence-electron chi connectivity index (χ3n) is 0.979. The van der Waals surface area contributed by atoms with Crippen LogP contribution in [0.1, 0.15) is 13.3 Å². The summed E-state index contributed by atoms with van der Waals surface area (Å²) in [6.07, 6.45) is 7.78. The second kappa shape index (κ2) is 5.95. The lowest BCUT2D eigenvalue weighted by atomic mass is 10.3. The van der Waals surface area contributed by atoms with Crippen LogP contribution >= 0.6 is 0 Å². The first-order chi connectivity index (χ1) is 4.81. The van der Waals surface area contributed by atoms with Gasteiger partial charge in [0.2, 0.25) is 0 Å². The van der Waals surface area contributed by atoms with Gasteiger partial charge in [0.05, 0.1) is 0 Å². The van der Waals surface area contributed by atoms with E-state index in [1.807, 2.05) is 6.92 Å². The third-order valence-corrected chi connectivity index (χ3v) is 0.979. The monoisotopic (exact) mass is 137 g/mol. The Bertz CT molecular complexity index is 168. The van der Waals surface area contributed by atoms with E-state index in [1.54, 1.807) is 18.2 Å². The van der Waals surface area contributed by atoms with Crippen molar-refractivity contribution in [1.82, 2.24) is 0 Å². The van der Waals surface area contributed by atoms with Gasteiger partial charge in [-0.25, -0.2) is 0 Å². The summed E-state index contributed by atoms with van der Waals surface area (Å²) in [5, 5.41) is 7.16. The number of nitrogens with one attached hydrogen (secondary N) is 1. The van der Waals surface area contributed by atoms with Gasteiger partial charge in [0.1, 0.15) is 6.29 Å². The number of carbonyl (C=O) groups excluding carboxylic acids is 1. The maximum Gasteiger partial charge on any atom is 0.142 e. The Kier molecular flexibility index (Phi) is 5.25. The predicted molar refractivity (Wildman–Crippen MR) is 42.4 cm³/mol. The van der Waals surface area contributed by atoms with E-state index >= 15 is 0 Å². The Hall–Kier alpha value is -1.18. The van der Waals surface area contributed by atoms with Crippen LogP contribution in [-0.4, -0.2) is 12.0 Å². The Morgan fingerprint density at radius 2 is 2.10 bits per heavy atom. The summed E-state index contributed by atoms with van der Waals surface area (Å²) in [4.78, 5) is 9.74. The molecule has 10 heavy (non-hydrogen) atoms. The topological polar surface area (TPSA) is 40.9 Å². The van der Waals surface area contributed by atoms with Gasteiger partial charge in [-0.3, -0.25) is 4.79 Å². The molecule has 2 heteroatoms. The molecule has 0 aliphatic heterocycles. The van der Waals surface area contributed by atoms with Gasteiger partial charge < -0.3 is 5.41 Å². The van der Waals surface area contributed by atoms with E-state index in [-0.39, 0.29) is 0 Å². The van der Waals surface area contributed by atoms with Gasteiger partial charge in [-0.05, 0) is 18.6 Å². The van der Waals surface area contributed by atoms with E-state index < -0.39 is 0 Å². The maximum absolute atomic E-state index is 9.74. The summed E-state index contributed by atoms with van der Waals surface area (Å²) < 4.78 is 0. The number of hydrogen-bond donors (Lipinski definition) is 1. The van der Waals surface area contributed by atoms with Crippen LogP contribution < -0.4 is 0 Å². The summed E-state index contributed by atoms with van der Waals surface area (Å²) in [6, 6.07) is 0. The Labute approximate surface area is 60.8 Å². The van der Waals surface area contributed by atoms with Crippen molar-refractivity contribution in [2.45, 2.75) is 13.3 Å². The average molecular weight is 137 g/mol. The maximum atomic E-state index is 9.74. The van der Waals surface area contributed by atoms with Crippen molar-refractivity contribution in [2.24, 2.45) is 0 Å². The largest absolute Gasteiger partial charge is 0.305 e. The van der Waals surface area contributed by atoms with Crippen molar-refractivity contribution in [2.75, 3.05) is 0 Å². The van der Waals surface area contributed by atoms with Gasteiger partial charge in [-0.15, -0.1) is 0 Å². The molecule has 0 aliphatic carbocycles. The number of aldehydes is 1. The third kappa shape index (κ3) is 4.97. The minimum atomic E-state index is 0.565. The minimum absolute atomic E-state index is 0.565. The molecule has 0 aromatic rings. The van der Waals surface area contributed by atoms with Crippen LogP contribution in [0.4, 0.5) is 0 Å². The normalized spacial score (nSPS) is 10.9.